The van der Waals surface area contributed by atoms with E-state index >= 15 is 0 Å². The molecular weight excluding hydrogens is 242 g/mol. The highest BCUT2D eigenvalue weighted by molar-refractivity contribution is 6.08. The zero-order valence-electron chi connectivity index (χ0n) is 11.7. The Bertz CT molecular complexity index is 506. The minimum Gasteiger partial charge on any atom is -0.378 e. The number of amides is 2. The maximum absolute atomic E-state index is 12.3. The average molecular weight is 261 g/mol. The summed E-state index contributed by atoms with van der Waals surface area (Å²) in [6.45, 7) is 3.50. The maximum Gasteiger partial charge on any atom is 0.252 e. The Morgan fingerprint density at radius 1 is 1.16 bits per heavy atom. The molecule has 1 aliphatic heterocycles. The molecule has 1 aromatic rings. The minimum atomic E-state index is -0.852. The van der Waals surface area contributed by atoms with Crippen LogP contribution in [0.15, 0.2) is 24.3 Å². The molecule has 2 amide bonds. The van der Waals surface area contributed by atoms with Gasteiger partial charge in [-0.15, -0.1) is 0 Å². The molecule has 1 fully saturated rings. The Kier molecular flexibility index (Phi) is 3.22. The molecule has 1 saturated heterocycles. The van der Waals surface area contributed by atoms with Crippen LogP contribution in [0.1, 0.15) is 13.8 Å². The third-order valence-corrected chi connectivity index (χ3v) is 3.21. The highest BCUT2D eigenvalue weighted by Gasteiger charge is 2.39. The van der Waals surface area contributed by atoms with Gasteiger partial charge in [0.15, 0.2) is 0 Å². The molecule has 1 N–H and O–H groups in total. The van der Waals surface area contributed by atoms with E-state index in [1.807, 2.05) is 43.3 Å². The second-order valence-corrected chi connectivity index (χ2v) is 5.48. The maximum atomic E-state index is 12.3. The number of benzene rings is 1. The van der Waals surface area contributed by atoms with Gasteiger partial charge in [0.05, 0.1) is 0 Å². The van der Waals surface area contributed by atoms with Crippen LogP contribution in [0.3, 0.4) is 0 Å². The molecule has 0 unspecified atom stereocenters. The van der Waals surface area contributed by atoms with Crippen LogP contribution in [0, 0.1) is 0 Å². The van der Waals surface area contributed by atoms with E-state index in [9.17, 15) is 9.59 Å². The van der Waals surface area contributed by atoms with Crippen molar-refractivity contribution in [1.82, 2.24) is 5.32 Å². The first kappa shape index (κ1) is 13.4. The molecule has 0 radical (unpaired) electrons. The lowest BCUT2D eigenvalue weighted by molar-refractivity contribution is -0.134. The smallest absolute Gasteiger partial charge is 0.252 e. The first-order valence-electron chi connectivity index (χ1n) is 6.21. The van der Waals surface area contributed by atoms with Gasteiger partial charge < -0.3 is 15.1 Å². The van der Waals surface area contributed by atoms with Gasteiger partial charge in [-0.05, 0) is 38.1 Å². The summed E-state index contributed by atoms with van der Waals surface area (Å²) in [7, 11) is 3.91. The second kappa shape index (κ2) is 4.57. The van der Waals surface area contributed by atoms with Crippen molar-refractivity contribution < 1.29 is 9.59 Å². The lowest BCUT2D eigenvalue weighted by Gasteiger charge is -2.37. The van der Waals surface area contributed by atoms with Crippen molar-refractivity contribution in [1.29, 1.82) is 0 Å². The molecule has 0 aromatic heterocycles. The van der Waals surface area contributed by atoms with Gasteiger partial charge in [0.25, 0.3) is 5.91 Å². The molecule has 1 aromatic carbocycles. The number of anilines is 2. The van der Waals surface area contributed by atoms with Gasteiger partial charge in [0, 0.05) is 25.5 Å². The van der Waals surface area contributed by atoms with Crippen LogP contribution in [0.4, 0.5) is 11.4 Å². The first-order chi connectivity index (χ1) is 8.81. The topological polar surface area (TPSA) is 52.6 Å². The summed E-state index contributed by atoms with van der Waals surface area (Å²) >= 11 is 0. The van der Waals surface area contributed by atoms with E-state index < -0.39 is 5.54 Å². The first-order valence-corrected chi connectivity index (χ1v) is 6.21. The highest BCUT2D eigenvalue weighted by Crippen LogP contribution is 2.24. The number of carbonyl (C=O) groups is 2. The van der Waals surface area contributed by atoms with E-state index in [1.165, 1.54) is 4.90 Å². The fourth-order valence-corrected chi connectivity index (χ4v) is 2.13. The Morgan fingerprint density at radius 2 is 1.74 bits per heavy atom. The fraction of sp³-hybridized carbons (Fsp3) is 0.429. The van der Waals surface area contributed by atoms with Crippen LogP contribution in [0.2, 0.25) is 0 Å². The molecule has 0 bridgehead atoms. The van der Waals surface area contributed by atoms with E-state index in [4.69, 9.17) is 0 Å². The van der Waals surface area contributed by atoms with Gasteiger partial charge in [0.1, 0.15) is 12.1 Å². The van der Waals surface area contributed by atoms with Crippen molar-refractivity contribution >= 4 is 23.2 Å². The number of piperazine rings is 1. The van der Waals surface area contributed by atoms with Crippen molar-refractivity contribution in [3.05, 3.63) is 24.3 Å². The Labute approximate surface area is 113 Å². The van der Waals surface area contributed by atoms with E-state index in [-0.39, 0.29) is 18.4 Å². The van der Waals surface area contributed by atoms with Gasteiger partial charge in [-0.1, -0.05) is 0 Å². The lowest BCUT2D eigenvalue weighted by Crippen LogP contribution is -2.64. The third-order valence-electron chi connectivity index (χ3n) is 3.21. The van der Waals surface area contributed by atoms with E-state index in [0.717, 1.165) is 11.4 Å². The summed E-state index contributed by atoms with van der Waals surface area (Å²) in [6.07, 6.45) is 0. The summed E-state index contributed by atoms with van der Waals surface area (Å²) in [5.41, 5.74) is 0.950. The van der Waals surface area contributed by atoms with Gasteiger partial charge in [0.2, 0.25) is 5.91 Å². The SMILES string of the molecule is CN(C)c1ccc(N2CC(=O)NC(C)(C)C2=O)cc1. The van der Waals surface area contributed by atoms with Crippen LogP contribution in [-0.2, 0) is 9.59 Å². The summed E-state index contributed by atoms with van der Waals surface area (Å²) in [4.78, 5) is 27.5. The van der Waals surface area contributed by atoms with Gasteiger partial charge in [-0.2, -0.15) is 0 Å². The molecule has 2 rings (SSSR count). The van der Waals surface area contributed by atoms with Crippen LogP contribution in [0.25, 0.3) is 0 Å². The predicted molar refractivity (Wildman–Crippen MR) is 75.3 cm³/mol. The normalized spacial score (nSPS) is 18.2. The summed E-state index contributed by atoms with van der Waals surface area (Å²) in [5, 5.41) is 2.70. The number of carbonyl (C=O) groups excluding carboxylic acids is 2. The molecule has 1 aliphatic rings. The number of nitrogens with one attached hydrogen (secondary N) is 1. The monoisotopic (exact) mass is 261 g/mol. The minimum absolute atomic E-state index is 0.0730. The fourth-order valence-electron chi connectivity index (χ4n) is 2.13. The number of rotatable bonds is 2. The van der Waals surface area contributed by atoms with E-state index in [0.29, 0.717) is 0 Å². The molecule has 1 heterocycles. The van der Waals surface area contributed by atoms with Gasteiger partial charge in [-0.25, -0.2) is 0 Å². The largest absolute Gasteiger partial charge is 0.378 e. The zero-order chi connectivity index (χ0) is 14.2. The molecule has 102 valence electrons. The summed E-state index contributed by atoms with van der Waals surface area (Å²) in [5.74, 6) is -0.231. The summed E-state index contributed by atoms with van der Waals surface area (Å²) in [6, 6.07) is 7.59. The number of hydrogen-bond acceptors (Lipinski definition) is 3. The Balaban J connectivity index is 2.30. The Hall–Kier alpha value is -2.04. The van der Waals surface area contributed by atoms with E-state index in [2.05, 4.69) is 5.32 Å². The molecule has 5 nitrogen and oxygen atoms in total. The lowest BCUT2D eigenvalue weighted by atomic mass is 10.00. The van der Waals surface area contributed by atoms with Gasteiger partial charge >= 0.3 is 0 Å². The molecule has 0 spiro atoms. The molecule has 0 aliphatic carbocycles. The summed E-state index contributed by atoms with van der Waals surface area (Å²) < 4.78 is 0. The highest BCUT2D eigenvalue weighted by atomic mass is 16.2. The molecule has 0 saturated carbocycles. The molecular formula is C14H19N3O2. The van der Waals surface area contributed by atoms with Crippen LogP contribution >= 0.6 is 0 Å². The average Bonchev–Trinajstić information content (AvgIpc) is 2.33. The van der Waals surface area contributed by atoms with Crippen LogP contribution < -0.4 is 15.1 Å². The van der Waals surface area contributed by atoms with Crippen molar-refractivity contribution in [2.75, 3.05) is 30.4 Å². The van der Waals surface area contributed by atoms with E-state index in [1.54, 1.807) is 13.8 Å². The molecule has 5 heteroatoms. The third kappa shape index (κ3) is 2.54. The Morgan fingerprint density at radius 3 is 2.26 bits per heavy atom. The second-order valence-electron chi connectivity index (χ2n) is 5.48. The zero-order valence-corrected chi connectivity index (χ0v) is 11.7. The molecule has 19 heavy (non-hydrogen) atoms. The molecule has 0 atom stereocenters. The van der Waals surface area contributed by atoms with Crippen LogP contribution in [-0.4, -0.2) is 38.0 Å². The quantitative estimate of drug-likeness (QED) is 0.864. The van der Waals surface area contributed by atoms with Crippen molar-refractivity contribution in [3.8, 4) is 0 Å². The predicted octanol–water partition coefficient (Wildman–Crippen LogP) is 0.994. The number of nitrogens with zero attached hydrogens (tertiary/aromatic N) is 2. The van der Waals surface area contributed by atoms with Gasteiger partial charge in [-0.3, -0.25) is 9.59 Å². The van der Waals surface area contributed by atoms with Crippen LogP contribution in [0.5, 0.6) is 0 Å². The standard InChI is InChI=1S/C14H19N3O2/c1-14(2)13(19)17(9-12(18)15-14)11-7-5-10(6-8-11)16(3)4/h5-8H,9H2,1-4H3,(H,15,18). The van der Waals surface area contributed by atoms with Crippen molar-refractivity contribution in [2.45, 2.75) is 19.4 Å². The van der Waals surface area contributed by atoms with Crippen molar-refractivity contribution in [2.24, 2.45) is 0 Å². The van der Waals surface area contributed by atoms with Crippen molar-refractivity contribution in [3.63, 3.8) is 0 Å². The number of hydrogen-bond donors (Lipinski definition) is 1.